The van der Waals surface area contributed by atoms with Crippen molar-refractivity contribution in [1.82, 2.24) is 0 Å². The summed E-state index contributed by atoms with van der Waals surface area (Å²) >= 11 is 0. The van der Waals surface area contributed by atoms with Gasteiger partial charge in [-0.25, -0.2) is 0 Å². The second kappa shape index (κ2) is 5.23. The van der Waals surface area contributed by atoms with Gasteiger partial charge in [-0.15, -0.1) is 0 Å². The van der Waals surface area contributed by atoms with Crippen molar-refractivity contribution in [2.45, 2.75) is 45.4 Å². The first-order chi connectivity index (χ1) is 8.63. The molecular formula is C16H23NO. The van der Waals surface area contributed by atoms with Crippen LogP contribution in [-0.2, 0) is 0 Å². The van der Waals surface area contributed by atoms with Gasteiger partial charge in [0.2, 0.25) is 0 Å². The average Bonchev–Trinajstić information content (AvgIpc) is 2.37. The molecule has 0 aliphatic heterocycles. The highest BCUT2D eigenvalue weighted by Crippen LogP contribution is 2.42. The van der Waals surface area contributed by atoms with Crippen LogP contribution in [0.4, 0.5) is 0 Å². The van der Waals surface area contributed by atoms with Crippen LogP contribution in [-0.4, -0.2) is 12.3 Å². The standard InChI is InChI=1S/C16H23NO/c1-3-12(2)13-5-7-14(8-6-13)15(18)16(11-17)9-4-10-16/h5-8,12H,3-4,9-11,17H2,1-2H3. The third kappa shape index (κ3) is 2.22. The van der Waals surface area contributed by atoms with E-state index >= 15 is 0 Å². The van der Waals surface area contributed by atoms with Crippen molar-refractivity contribution in [2.24, 2.45) is 11.1 Å². The van der Waals surface area contributed by atoms with Crippen LogP contribution >= 0.6 is 0 Å². The first-order valence-corrected chi connectivity index (χ1v) is 6.98. The summed E-state index contributed by atoms with van der Waals surface area (Å²) in [6, 6.07) is 8.12. The van der Waals surface area contributed by atoms with Gasteiger partial charge >= 0.3 is 0 Å². The molecule has 98 valence electrons. The molecule has 1 atom stereocenters. The predicted molar refractivity (Wildman–Crippen MR) is 74.8 cm³/mol. The first-order valence-electron chi connectivity index (χ1n) is 6.98. The minimum absolute atomic E-state index is 0.243. The van der Waals surface area contributed by atoms with Gasteiger partial charge < -0.3 is 5.73 Å². The lowest BCUT2D eigenvalue weighted by atomic mass is 9.64. The molecule has 1 unspecified atom stereocenters. The lowest BCUT2D eigenvalue weighted by Gasteiger charge is -2.39. The van der Waals surface area contributed by atoms with Gasteiger partial charge in [0.05, 0.1) is 0 Å². The van der Waals surface area contributed by atoms with E-state index in [1.54, 1.807) is 0 Å². The number of carbonyl (C=O) groups is 1. The molecular weight excluding hydrogens is 222 g/mol. The largest absolute Gasteiger partial charge is 0.329 e. The minimum atomic E-state index is -0.252. The Morgan fingerprint density at radius 2 is 1.94 bits per heavy atom. The second-order valence-electron chi connectivity index (χ2n) is 5.60. The summed E-state index contributed by atoms with van der Waals surface area (Å²) in [5.74, 6) is 0.799. The van der Waals surface area contributed by atoms with Crippen LogP contribution < -0.4 is 5.73 Å². The quantitative estimate of drug-likeness (QED) is 0.807. The molecule has 1 aliphatic rings. The molecule has 0 spiro atoms. The van der Waals surface area contributed by atoms with E-state index in [2.05, 4.69) is 26.0 Å². The number of hydrogen-bond donors (Lipinski definition) is 1. The lowest BCUT2D eigenvalue weighted by molar-refractivity contribution is 0.0636. The van der Waals surface area contributed by atoms with Gasteiger partial charge in [-0.1, -0.05) is 44.5 Å². The van der Waals surface area contributed by atoms with Crippen molar-refractivity contribution in [2.75, 3.05) is 6.54 Å². The van der Waals surface area contributed by atoms with Crippen LogP contribution in [0.15, 0.2) is 24.3 Å². The van der Waals surface area contributed by atoms with Gasteiger partial charge in [0.1, 0.15) is 0 Å². The zero-order chi connectivity index (χ0) is 13.2. The molecule has 2 N–H and O–H groups in total. The third-order valence-electron chi connectivity index (χ3n) is 4.54. The molecule has 0 bridgehead atoms. The molecule has 2 rings (SSSR count). The van der Waals surface area contributed by atoms with E-state index in [9.17, 15) is 4.79 Å². The summed E-state index contributed by atoms with van der Waals surface area (Å²) in [6.45, 7) is 4.88. The van der Waals surface area contributed by atoms with E-state index < -0.39 is 0 Å². The lowest BCUT2D eigenvalue weighted by Crippen LogP contribution is -2.44. The third-order valence-corrected chi connectivity index (χ3v) is 4.54. The summed E-state index contributed by atoms with van der Waals surface area (Å²) in [5.41, 5.74) is 7.67. The van der Waals surface area contributed by atoms with E-state index in [1.165, 1.54) is 5.56 Å². The van der Waals surface area contributed by atoms with E-state index in [1.807, 2.05) is 12.1 Å². The van der Waals surface area contributed by atoms with E-state index in [0.29, 0.717) is 12.5 Å². The molecule has 0 saturated heterocycles. The molecule has 1 fully saturated rings. The molecule has 2 nitrogen and oxygen atoms in total. The number of carbonyl (C=O) groups excluding carboxylic acids is 1. The smallest absolute Gasteiger partial charge is 0.170 e. The number of ketones is 1. The fourth-order valence-electron chi connectivity index (χ4n) is 2.63. The zero-order valence-corrected chi connectivity index (χ0v) is 11.4. The molecule has 1 aromatic rings. The first kappa shape index (κ1) is 13.3. The maximum atomic E-state index is 12.5. The van der Waals surface area contributed by atoms with Crippen molar-refractivity contribution in [3.8, 4) is 0 Å². The van der Waals surface area contributed by atoms with Crippen LogP contribution in [0.3, 0.4) is 0 Å². The number of rotatable bonds is 5. The average molecular weight is 245 g/mol. The number of nitrogens with two attached hydrogens (primary N) is 1. The monoisotopic (exact) mass is 245 g/mol. The fourth-order valence-corrected chi connectivity index (χ4v) is 2.63. The molecule has 1 aliphatic carbocycles. The molecule has 0 amide bonds. The normalized spacial score (nSPS) is 19.1. The summed E-state index contributed by atoms with van der Waals surface area (Å²) in [4.78, 5) is 12.5. The topological polar surface area (TPSA) is 43.1 Å². The van der Waals surface area contributed by atoms with Crippen molar-refractivity contribution in [3.63, 3.8) is 0 Å². The van der Waals surface area contributed by atoms with Gasteiger partial charge in [-0.3, -0.25) is 4.79 Å². The molecule has 1 aromatic carbocycles. The molecule has 0 aromatic heterocycles. The van der Waals surface area contributed by atoms with Crippen LogP contribution in [0.25, 0.3) is 0 Å². The Labute approximate surface area is 110 Å². The molecule has 18 heavy (non-hydrogen) atoms. The summed E-state index contributed by atoms with van der Waals surface area (Å²) < 4.78 is 0. The Morgan fingerprint density at radius 3 is 2.33 bits per heavy atom. The summed E-state index contributed by atoms with van der Waals surface area (Å²) in [5, 5.41) is 0. The van der Waals surface area contributed by atoms with Gasteiger partial charge in [0, 0.05) is 17.5 Å². The van der Waals surface area contributed by atoms with E-state index in [4.69, 9.17) is 5.73 Å². The van der Waals surface area contributed by atoms with Gasteiger partial charge in [-0.05, 0) is 30.7 Å². The van der Waals surface area contributed by atoms with Crippen molar-refractivity contribution in [3.05, 3.63) is 35.4 Å². The minimum Gasteiger partial charge on any atom is -0.329 e. The summed E-state index contributed by atoms with van der Waals surface area (Å²) in [7, 11) is 0. The van der Waals surface area contributed by atoms with Crippen LogP contribution in [0.2, 0.25) is 0 Å². The van der Waals surface area contributed by atoms with Gasteiger partial charge in [-0.2, -0.15) is 0 Å². The molecule has 0 radical (unpaired) electrons. The second-order valence-corrected chi connectivity index (χ2v) is 5.60. The highest BCUT2D eigenvalue weighted by atomic mass is 16.1. The van der Waals surface area contributed by atoms with Gasteiger partial charge in [0.25, 0.3) is 0 Å². The van der Waals surface area contributed by atoms with Crippen LogP contribution in [0.1, 0.15) is 61.4 Å². The summed E-state index contributed by atoms with van der Waals surface area (Å²) in [6.07, 6.45) is 4.17. The van der Waals surface area contributed by atoms with E-state index in [-0.39, 0.29) is 11.2 Å². The fraction of sp³-hybridized carbons (Fsp3) is 0.562. The van der Waals surface area contributed by atoms with E-state index in [0.717, 1.165) is 31.2 Å². The maximum absolute atomic E-state index is 12.5. The molecule has 1 saturated carbocycles. The Kier molecular flexibility index (Phi) is 3.86. The number of hydrogen-bond acceptors (Lipinski definition) is 2. The van der Waals surface area contributed by atoms with Crippen molar-refractivity contribution in [1.29, 1.82) is 0 Å². The number of Topliss-reactive ketones (excluding diaryl/α,β-unsaturated/α-hetero) is 1. The number of benzene rings is 1. The van der Waals surface area contributed by atoms with Crippen LogP contribution in [0.5, 0.6) is 0 Å². The maximum Gasteiger partial charge on any atom is 0.170 e. The molecule has 2 heteroatoms. The molecule has 0 heterocycles. The Hall–Kier alpha value is -1.15. The van der Waals surface area contributed by atoms with Crippen LogP contribution in [0, 0.1) is 5.41 Å². The zero-order valence-electron chi connectivity index (χ0n) is 11.4. The SMILES string of the molecule is CCC(C)c1ccc(C(=O)C2(CN)CCC2)cc1. The highest BCUT2D eigenvalue weighted by Gasteiger charge is 2.42. The van der Waals surface area contributed by atoms with Crippen molar-refractivity contribution >= 4 is 5.78 Å². The Balaban J connectivity index is 2.17. The Morgan fingerprint density at radius 1 is 1.33 bits per heavy atom. The predicted octanol–water partition coefficient (Wildman–Crippen LogP) is 3.51. The Bertz CT molecular complexity index is 412. The van der Waals surface area contributed by atoms with Crippen molar-refractivity contribution < 1.29 is 4.79 Å². The highest BCUT2D eigenvalue weighted by molar-refractivity contribution is 6.01. The van der Waals surface area contributed by atoms with Gasteiger partial charge in [0.15, 0.2) is 5.78 Å².